The number of hydrogen-bond donors (Lipinski definition) is 1. The maximum Gasteiger partial charge on any atom is 0.0979 e. The summed E-state index contributed by atoms with van der Waals surface area (Å²) in [5.41, 5.74) is 2.46. The molecule has 0 saturated carbocycles. The molecule has 6 heteroatoms. The highest BCUT2D eigenvalue weighted by molar-refractivity contribution is 7.12. The molecule has 0 saturated heterocycles. The fourth-order valence-corrected chi connectivity index (χ4v) is 8.04. The van der Waals surface area contributed by atoms with E-state index in [0.717, 1.165) is 12.2 Å². The first kappa shape index (κ1) is 28.4. The number of hydrogen-bond acceptors (Lipinski definition) is 6. The van der Waals surface area contributed by atoms with Gasteiger partial charge in [0, 0.05) is 37.4 Å². The second kappa shape index (κ2) is 15.0. The van der Waals surface area contributed by atoms with Crippen LogP contribution in [0.1, 0.15) is 51.4 Å². The first-order chi connectivity index (χ1) is 19.8. The maximum absolute atomic E-state index is 3.60. The lowest BCUT2D eigenvalue weighted by Gasteiger charge is -2.33. The van der Waals surface area contributed by atoms with Crippen molar-refractivity contribution < 1.29 is 0 Å². The van der Waals surface area contributed by atoms with Crippen molar-refractivity contribution in [3.63, 3.8) is 0 Å². The van der Waals surface area contributed by atoms with Crippen molar-refractivity contribution in [2.45, 2.75) is 31.8 Å². The minimum absolute atomic E-state index is 0.257. The van der Waals surface area contributed by atoms with E-state index in [-0.39, 0.29) is 6.04 Å². The van der Waals surface area contributed by atoms with E-state index in [1.54, 1.807) is 22.7 Å². The molecule has 2 nitrogen and oxygen atoms in total. The first-order valence-corrected chi connectivity index (χ1v) is 17.1. The number of nitrogens with zero attached hydrogens (tertiary/aromatic N) is 1. The van der Waals surface area contributed by atoms with Crippen LogP contribution < -0.4 is 10.2 Å². The van der Waals surface area contributed by atoms with Crippen molar-refractivity contribution >= 4 is 56.7 Å². The Balaban J connectivity index is 0.000000164. The highest BCUT2D eigenvalue weighted by Crippen LogP contribution is 2.37. The molecular weight excluding hydrogens is 565 g/mol. The Morgan fingerprint density at radius 1 is 0.575 bits per heavy atom. The minimum Gasteiger partial charge on any atom is -0.373 e. The molecule has 0 aliphatic carbocycles. The summed E-state index contributed by atoms with van der Waals surface area (Å²) in [5.74, 6) is 0. The van der Waals surface area contributed by atoms with Gasteiger partial charge in [-0.05, 0) is 76.5 Å². The van der Waals surface area contributed by atoms with Crippen LogP contribution >= 0.6 is 45.3 Å². The molecule has 4 heterocycles. The second-order valence-electron chi connectivity index (χ2n) is 9.29. The summed E-state index contributed by atoms with van der Waals surface area (Å²) in [7, 11) is 0. The van der Waals surface area contributed by atoms with E-state index in [2.05, 4.69) is 142 Å². The van der Waals surface area contributed by atoms with E-state index >= 15 is 0 Å². The Morgan fingerprint density at radius 3 is 1.50 bits per heavy atom. The third-order valence-electron chi connectivity index (χ3n) is 6.52. The summed E-state index contributed by atoms with van der Waals surface area (Å²) >= 11 is 7.29. The van der Waals surface area contributed by atoms with Gasteiger partial charge in [0.05, 0.1) is 12.1 Å². The summed E-state index contributed by atoms with van der Waals surface area (Å²) in [6, 6.07) is 39.2. The van der Waals surface area contributed by atoms with E-state index in [1.807, 2.05) is 28.7 Å². The van der Waals surface area contributed by atoms with E-state index in [9.17, 15) is 0 Å². The normalized spacial score (nSPS) is 10.9. The molecule has 0 amide bonds. The highest BCUT2D eigenvalue weighted by Gasteiger charge is 2.24. The number of para-hydroxylation sites is 2. The molecule has 0 bridgehead atoms. The lowest BCUT2D eigenvalue weighted by atomic mass is 10.1. The van der Waals surface area contributed by atoms with Gasteiger partial charge >= 0.3 is 0 Å². The van der Waals surface area contributed by atoms with Gasteiger partial charge in [-0.25, -0.2) is 0 Å². The van der Waals surface area contributed by atoms with Crippen molar-refractivity contribution in [1.82, 2.24) is 0 Å². The van der Waals surface area contributed by atoms with Gasteiger partial charge < -0.3 is 10.2 Å². The van der Waals surface area contributed by atoms with E-state index in [0.29, 0.717) is 6.04 Å². The molecule has 4 aromatic heterocycles. The number of unbranched alkanes of at least 4 members (excludes halogenated alkanes) is 1. The van der Waals surface area contributed by atoms with Crippen LogP contribution in [0.3, 0.4) is 0 Å². The molecule has 0 aliphatic heterocycles. The molecule has 2 aromatic carbocycles. The minimum atomic E-state index is 0.257. The van der Waals surface area contributed by atoms with Crippen LogP contribution in [0.2, 0.25) is 0 Å². The summed E-state index contributed by atoms with van der Waals surface area (Å²) < 4.78 is 0. The fourth-order valence-electron chi connectivity index (χ4n) is 4.59. The predicted octanol–water partition coefficient (Wildman–Crippen LogP) is 11.2. The molecule has 40 heavy (non-hydrogen) atoms. The van der Waals surface area contributed by atoms with Crippen LogP contribution in [0.5, 0.6) is 0 Å². The smallest absolute Gasteiger partial charge is 0.0979 e. The molecule has 6 aromatic rings. The average Bonchev–Trinajstić information content (AvgIpc) is 3.84. The molecule has 0 spiro atoms. The van der Waals surface area contributed by atoms with Gasteiger partial charge in [-0.3, -0.25) is 0 Å². The van der Waals surface area contributed by atoms with Gasteiger partial charge in [-0.2, -0.15) is 0 Å². The number of rotatable bonds is 11. The number of anilines is 2. The molecule has 0 atom stereocenters. The molecule has 0 unspecified atom stereocenters. The zero-order chi connectivity index (χ0) is 27.4. The van der Waals surface area contributed by atoms with Crippen molar-refractivity contribution in [2.75, 3.05) is 16.8 Å². The molecule has 1 N–H and O–H groups in total. The van der Waals surface area contributed by atoms with Crippen LogP contribution in [0.25, 0.3) is 0 Å². The number of benzene rings is 2. The van der Waals surface area contributed by atoms with Crippen molar-refractivity contribution in [2.24, 2.45) is 0 Å². The summed E-state index contributed by atoms with van der Waals surface area (Å²) in [4.78, 5) is 8.09. The molecule has 204 valence electrons. The monoisotopic (exact) mass is 598 g/mol. The lowest BCUT2D eigenvalue weighted by Crippen LogP contribution is -2.29. The molecule has 0 fully saturated rings. The Hall–Kier alpha value is -3.16. The molecule has 6 rings (SSSR count). The van der Waals surface area contributed by atoms with Gasteiger partial charge in [0.2, 0.25) is 0 Å². The van der Waals surface area contributed by atoms with Crippen LogP contribution in [-0.2, 0) is 0 Å². The Morgan fingerprint density at radius 2 is 1.05 bits per heavy atom. The van der Waals surface area contributed by atoms with E-state index in [4.69, 9.17) is 0 Å². The van der Waals surface area contributed by atoms with Gasteiger partial charge in [0.15, 0.2) is 0 Å². The Kier molecular flexibility index (Phi) is 10.6. The first-order valence-electron chi connectivity index (χ1n) is 13.6. The predicted molar refractivity (Wildman–Crippen MR) is 180 cm³/mol. The van der Waals surface area contributed by atoms with Gasteiger partial charge in [-0.15, -0.1) is 45.3 Å². The summed E-state index contributed by atoms with van der Waals surface area (Å²) in [6.45, 7) is 3.34. The van der Waals surface area contributed by atoms with E-state index < -0.39 is 0 Å². The summed E-state index contributed by atoms with van der Waals surface area (Å²) in [5, 5.41) is 12.2. The van der Waals surface area contributed by atoms with E-state index in [1.165, 1.54) is 38.0 Å². The quantitative estimate of drug-likeness (QED) is 0.160. The van der Waals surface area contributed by atoms with Crippen molar-refractivity contribution in [1.29, 1.82) is 0 Å². The molecular formula is C34H34N2S4. The fraction of sp³-hybridized carbons (Fsp3) is 0.176. The third kappa shape index (κ3) is 7.52. The largest absolute Gasteiger partial charge is 0.373 e. The van der Waals surface area contributed by atoms with Crippen LogP contribution in [-0.4, -0.2) is 6.54 Å². The lowest BCUT2D eigenvalue weighted by molar-refractivity contribution is 0.672. The van der Waals surface area contributed by atoms with Gasteiger partial charge in [0.1, 0.15) is 0 Å². The van der Waals surface area contributed by atoms with Crippen molar-refractivity contribution in [3.8, 4) is 0 Å². The molecule has 0 radical (unpaired) electrons. The van der Waals surface area contributed by atoms with Crippen molar-refractivity contribution in [3.05, 3.63) is 150 Å². The number of nitrogens with one attached hydrogen (secondary N) is 1. The van der Waals surface area contributed by atoms with Crippen LogP contribution in [0.15, 0.2) is 131 Å². The van der Waals surface area contributed by atoms with Gasteiger partial charge in [-0.1, -0.05) is 74.0 Å². The third-order valence-corrected chi connectivity index (χ3v) is 10.2. The highest BCUT2D eigenvalue weighted by atomic mass is 32.1. The topological polar surface area (TPSA) is 15.3 Å². The molecule has 0 aliphatic rings. The Bertz CT molecular complexity index is 1380. The van der Waals surface area contributed by atoms with Crippen LogP contribution in [0, 0.1) is 0 Å². The average molecular weight is 599 g/mol. The standard InChI is InChI=1S/C19H21NS2.C15H13NS2/c1-2-3-13-20(16-9-5-4-6-10-16)19(17-11-7-14-21-17)18-12-8-15-22-18;1-2-6-12(7-3-1)16-15(13-8-4-10-17-13)14-9-5-11-18-14/h4-12,14-15,19H,2-3,13H2,1H3;1-11,15-16H. The number of thiophene rings is 4. The summed E-state index contributed by atoms with van der Waals surface area (Å²) in [6.07, 6.45) is 2.42. The zero-order valence-electron chi connectivity index (χ0n) is 22.6. The zero-order valence-corrected chi connectivity index (χ0v) is 25.8. The van der Waals surface area contributed by atoms with Crippen LogP contribution in [0.4, 0.5) is 11.4 Å². The SMILES string of the molecule is CCCCN(c1ccccc1)C(c1cccs1)c1cccs1.c1ccc(NC(c2cccs2)c2cccs2)cc1. The van der Waals surface area contributed by atoms with Gasteiger partial charge in [0.25, 0.3) is 0 Å². The Labute approximate surface area is 254 Å². The second-order valence-corrected chi connectivity index (χ2v) is 13.2. The maximum atomic E-state index is 3.60.